The molecule has 1 N–H and O–H groups in total. The third-order valence-electron chi connectivity index (χ3n) is 3.16. The maximum absolute atomic E-state index is 5.46. The Labute approximate surface area is 106 Å². The van der Waals surface area contributed by atoms with Crippen molar-refractivity contribution >= 4 is 17.0 Å². The van der Waals surface area contributed by atoms with E-state index in [1.54, 1.807) is 12.4 Å². The molecule has 0 spiro atoms. The van der Waals surface area contributed by atoms with Crippen LogP contribution in [0.4, 0.5) is 5.82 Å². The molecule has 0 aliphatic carbocycles. The molecule has 1 aliphatic rings. The molecule has 3 heterocycles. The van der Waals surface area contributed by atoms with E-state index in [1.807, 2.05) is 12.1 Å². The molecule has 0 aromatic carbocycles. The van der Waals surface area contributed by atoms with Gasteiger partial charge in [-0.2, -0.15) is 0 Å². The van der Waals surface area contributed by atoms with Crippen molar-refractivity contribution in [2.45, 2.75) is 12.8 Å². The highest BCUT2D eigenvalue weighted by Gasteiger charge is 2.13. The number of nitrogens with one attached hydrogen (secondary N) is 1. The van der Waals surface area contributed by atoms with Gasteiger partial charge in [0.25, 0.3) is 0 Å². The van der Waals surface area contributed by atoms with Crippen molar-refractivity contribution in [3.63, 3.8) is 0 Å². The van der Waals surface area contributed by atoms with Gasteiger partial charge in [0.1, 0.15) is 11.3 Å². The van der Waals surface area contributed by atoms with E-state index in [9.17, 15) is 0 Å². The predicted octanol–water partition coefficient (Wildman–Crippen LogP) is 1.86. The van der Waals surface area contributed by atoms with E-state index in [1.165, 1.54) is 6.42 Å². The van der Waals surface area contributed by atoms with Crippen LogP contribution in [0, 0.1) is 5.92 Å². The summed E-state index contributed by atoms with van der Waals surface area (Å²) in [6, 6.07) is 3.88. The molecule has 1 aliphatic heterocycles. The predicted molar refractivity (Wildman–Crippen MR) is 69.4 cm³/mol. The molecule has 1 saturated heterocycles. The molecule has 18 heavy (non-hydrogen) atoms. The Morgan fingerprint density at radius 1 is 1.28 bits per heavy atom. The van der Waals surface area contributed by atoms with Crippen molar-refractivity contribution in [2.75, 3.05) is 25.1 Å². The van der Waals surface area contributed by atoms with Crippen LogP contribution >= 0.6 is 0 Å². The highest BCUT2D eigenvalue weighted by Crippen LogP contribution is 2.15. The van der Waals surface area contributed by atoms with Crippen LogP contribution in [0.15, 0.2) is 24.5 Å². The lowest BCUT2D eigenvalue weighted by Gasteiger charge is -2.22. The Hall–Kier alpha value is -1.75. The van der Waals surface area contributed by atoms with Gasteiger partial charge in [-0.3, -0.25) is 4.98 Å². The lowest BCUT2D eigenvalue weighted by molar-refractivity contribution is 0.0595. The molecule has 0 bridgehead atoms. The van der Waals surface area contributed by atoms with Crippen LogP contribution < -0.4 is 5.32 Å². The van der Waals surface area contributed by atoms with E-state index >= 15 is 0 Å². The van der Waals surface area contributed by atoms with Gasteiger partial charge < -0.3 is 10.1 Å². The summed E-state index contributed by atoms with van der Waals surface area (Å²) < 4.78 is 5.46. The summed E-state index contributed by atoms with van der Waals surface area (Å²) in [6.07, 6.45) is 5.72. The van der Waals surface area contributed by atoms with E-state index in [0.717, 1.165) is 37.5 Å². The SMILES string of the molecule is c1cnc2nc(NCC3CCCOC3)ccc2n1. The van der Waals surface area contributed by atoms with E-state index < -0.39 is 0 Å². The van der Waals surface area contributed by atoms with E-state index in [0.29, 0.717) is 11.6 Å². The first kappa shape index (κ1) is 11.3. The summed E-state index contributed by atoms with van der Waals surface area (Å²) in [5.41, 5.74) is 1.51. The average molecular weight is 244 g/mol. The number of hydrogen-bond donors (Lipinski definition) is 1. The van der Waals surface area contributed by atoms with Crippen molar-refractivity contribution in [2.24, 2.45) is 5.92 Å². The first-order valence-electron chi connectivity index (χ1n) is 6.31. The van der Waals surface area contributed by atoms with Gasteiger partial charge in [0, 0.05) is 25.5 Å². The quantitative estimate of drug-likeness (QED) is 0.893. The molecule has 5 heteroatoms. The monoisotopic (exact) mass is 244 g/mol. The largest absolute Gasteiger partial charge is 0.381 e. The Balaban J connectivity index is 1.66. The minimum absolute atomic E-state index is 0.582. The smallest absolute Gasteiger partial charge is 0.180 e. The minimum atomic E-state index is 0.582. The molecule has 0 saturated carbocycles. The van der Waals surface area contributed by atoms with Gasteiger partial charge >= 0.3 is 0 Å². The van der Waals surface area contributed by atoms with Crippen LogP contribution in [-0.2, 0) is 4.74 Å². The van der Waals surface area contributed by atoms with Crippen LogP contribution in [0.25, 0.3) is 11.2 Å². The Morgan fingerprint density at radius 2 is 2.22 bits per heavy atom. The topological polar surface area (TPSA) is 59.9 Å². The highest BCUT2D eigenvalue weighted by atomic mass is 16.5. The van der Waals surface area contributed by atoms with Gasteiger partial charge in [-0.1, -0.05) is 0 Å². The van der Waals surface area contributed by atoms with Crippen molar-refractivity contribution in [1.82, 2.24) is 15.0 Å². The van der Waals surface area contributed by atoms with E-state index in [2.05, 4.69) is 20.3 Å². The zero-order chi connectivity index (χ0) is 12.2. The van der Waals surface area contributed by atoms with Crippen molar-refractivity contribution < 1.29 is 4.74 Å². The summed E-state index contributed by atoms with van der Waals surface area (Å²) in [6.45, 7) is 2.65. The van der Waals surface area contributed by atoms with Gasteiger partial charge in [0.05, 0.1) is 6.61 Å². The molecule has 1 fully saturated rings. The maximum atomic E-state index is 5.46. The van der Waals surface area contributed by atoms with E-state index in [4.69, 9.17) is 4.74 Å². The highest BCUT2D eigenvalue weighted by molar-refractivity contribution is 5.71. The number of hydrogen-bond acceptors (Lipinski definition) is 5. The van der Waals surface area contributed by atoms with E-state index in [-0.39, 0.29) is 0 Å². The van der Waals surface area contributed by atoms with Crippen molar-refractivity contribution in [1.29, 1.82) is 0 Å². The third-order valence-corrected chi connectivity index (χ3v) is 3.16. The molecular weight excluding hydrogens is 228 g/mol. The summed E-state index contributed by atoms with van der Waals surface area (Å²) >= 11 is 0. The van der Waals surface area contributed by atoms with Crippen LogP contribution in [0.2, 0.25) is 0 Å². The molecule has 3 rings (SSSR count). The van der Waals surface area contributed by atoms with Gasteiger partial charge in [0.2, 0.25) is 0 Å². The van der Waals surface area contributed by atoms with Crippen LogP contribution in [0.3, 0.4) is 0 Å². The fourth-order valence-corrected chi connectivity index (χ4v) is 2.17. The molecule has 1 atom stereocenters. The van der Waals surface area contributed by atoms with Crippen LogP contribution in [0.5, 0.6) is 0 Å². The fourth-order valence-electron chi connectivity index (χ4n) is 2.17. The number of anilines is 1. The lowest BCUT2D eigenvalue weighted by atomic mass is 10.0. The second kappa shape index (κ2) is 5.27. The number of nitrogens with zero attached hydrogens (tertiary/aromatic N) is 3. The molecule has 2 aromatic rings. The molecule has 94 valence electrons. The zero-order valence-electron chi connectivity index (χ0n) is 10.2. The fraction of sp³-hybridized carbons (Fsp3) is 0.462. The molecule has 1 unspecified atom stereocenters. The van der Waals surface area contributed by atoms with Gasteiger partial charge in [0.15, 0.2) is 5.65 Å². The maximum Gasteiger partial charge on any atom is 0.180 e. The normalized spacial score (nSPS) is 19.9. The number of ether oxygens (including phenoxy) is 1. The molecule has 0 amide bonds. The summed E-state index contributed by atoms with van der Waals surface area (Å²) in [4.78, 5) is 12.8. The first-order valence-corrected chi connectivity index (χ1v) is 6.31. The van der Waals surface area contributed by atoms with Crippen LogP contribution in [-0.4, -0.2) is 34.7 Å². The number of pyridine rings is 1. The van der Waals surface area contributed by atoms with Gasteiger partial charge in [-0.15, -0.1) is 0 Å². The van der Waals surface area contributed by atoms with Crippen LogP contribution in [0.1, 0.15) is 12.8 Å². The standard InChI is InChI=1S/C13H16N4O/c1-2-10(9-18-7-1)8-16-12-4-3-11-13(17-12)15-6-5-14-11/h3-6,10H,1-2,7-9H2,(H,15,16,17). The second-order valence-corrected chi connectivity index (χ2v) is 4.56. The minimum Gasteiger partial charge on any atom is -0.381 e. The first-order chi connectivity index (χ1) is 8.92. The van der Waals surface area contributed by atoms with Gasteiger partial charge in [-0.05, 0) is 30.9 Å². The Kier molecular flexibility index (Phi) is 3.32. The molecular formula is C13H16N4O. The summed E-state index contributed by atoms with van der Waals surface area (Å²) in [5, 5.41) is 3.35. The second-order valence-electron chi connectivity index (χ2n) is 4.56. The average Bonchev–Trinajstić information content (AvgIpc) is 2.46. The number of fused-ring (bicyclic) bond motifs is 1. The van der Waals surface area contributed by atoms with Crippen molar-refractivity contribution in [3.05, 3.63) is 24.5 Å². The molecule has 5 nitrogen and oxygen atoms in total. The Bertz CT molecular complexity index is 525. The van der Waals surface area contributed by atoms with Gasteiger partial charge in [-0.25, -0.2) is 9.97 Å². The third kappa shape index (κ3) is 2.56. The lowest BCUT2D eigenvalue weighted by Crippen LogP contribution is -2.24. The summed E-state index contributed by atoms with van der Waals surface area (Å²) in [5.74, 6) is 1.44. The van der Waals surface area contributed by atoms with Crippen molar-refractivity contribution in [3.8, 4) is 0 Å². The number of aromatic nitrogens is 3. The molecule has 2 aromatic heterocycles. The molecule has 0 radical (unpaired) electrons. The zero-order valence-corrected chi connectivity index (χ0v) is 10.2. The summed E-state index contributed by atoms with van der Waals surface area (Å²) in [7, 11) is 0. The number of rotatable bonds is 3. The Morgan fingerprint density at radius 3 is 3.11 bits per heavy atom.